The van der Waals surface area contributed by atoms with Crippen LogP contribution in [0.5, 0.6) is 0 Å². The van der Waals surface area contributed by atoms with Gasteiger partial charge in [-0.25, -0.2) is 4.98 Å². The lowest BCUT2D eigenvalue weighted by Crippen LogP contribution is -2.73. The van der Waals surface area contributed by atoms with Crippen LogP contribution >= 0.6 is 11.6 Å². The van der Waals surface area contributed by atoms with E-state index in [0.717, 1.165) is 54.8 Å². The lowest BCUT2D eigenvalue weighted by Gasteiger charge is -2.60. The van der Waals surface area contributed by atoms with Crippen molar-refractivity contribution in [2.75, 3.05) is 36.0 Å². The monoisotopic (exact) mass is 488 g/mol. The molecule has 3 aliphatic rings. The smallest absolute Gasteiger partial charge is 0.274 e. The van der Waals surface area contributed by atoms with Crippen LogP contribution in [0, 0.1) is 19.3 Å². The first-order valence-electron chi connectivity index (χ1n) is 12.0. The highest BCUT2D eigenvalue weighted by atomic mass is 35.5. The minimum atomic E-state index is -0.164. The zero-order valence-electron chi connectivity index (χ0n) is 20.5. The molecule has 1 amide bonds. The number of halogens is 1. The van der Waals surface area contributed by atoms with E-state index in [9.17, 15) is 4.79 Å². The summed E-state index contributed by atoms with van der Waals surface area (Å²) in [6.07, 6.45) is 5.59. The quantitative estimate of drug-likeness (QED) is 0.545. The van der Waals surface area contributed by atoms with Crippen molar-refractivity contribution >= 4 is 28.9 Å². The lowest BCUT2D eigenvalue weighted by molar-refractivity contribution is -0.0110. The molecule has 7 nitrogen and oxygen atoms in total. The standard InChI is InChI=1S/C27H29ClN6O/c1-17-9-30-18(2)24(31-17)25(35)33-15-27(16-33)13-32(14-27)21-8-22(11-29-10-21)34-12-19-5-6-20(28)7-23(19)26(34,3)4/h5-11H,12-16H2,1-4H3. The third-order valence-electron chi connectivity index (χ3n) is 7.79. The highest BCUT2D eigenvalue weighted by molar-refractivity contribution is 6.30. The SMILES string of the molecule is Cc1cnc(C)c(C(=O)N2CC3(C2)CN(c2cncc(N4Cc5ccc(Cl)cc5C4(C)C)c2)C3)n1. The Bertz CT molecular complexity index is 1340. The van der Waals surface area contributed by atoms with Gasteiger partial charge < -0.3 is 14.7 Å². The van der Waals surface area contributed by atoms with Crippen molar-refractivity contribution < 1.29 is 4.79 Å². The Balaban J connectivity index is 1.13. The number of likely N-dealkylation sites (tertiary alicyclic amines) is 1. The third-order valence-corrected chi connectivity index (χ3v) is 8.03. The molecular weight excluding hydrogens is 460 g/mol. The number of aromatic nitrogens is 3. The Morgan fingerprint density at radius 3 is 2.51 bits per heavy atom. The van der Waals surface area contributed by atoms with Gasteiger partial charge in [-0.05, 0) is 57.0 Å². The van der Waals surface area contributed by atoms with Crippen LogP contribution in [0.1, 0.15) is 46.9 Å². The van der Waals surface area contributed by atoms with E-state index in [1.165, 1.54) is 11.1 Å². The minimum Gasteiger partial charge on any atom is -0.369 e. The molecule has 0 radical (unpaired) electrons. The molecule has 3 aromatic rings. The summed E-state index contributed by atoms with van der Waals surface area (Å²) < 4.78 is 0. The van der Waals surface area contributed by atoms with Crippen molar-refractivity contribution in [1.82, 2.24) is 19.9 Å². The molecule has 6 rings (SSSR count). The van der Waals surface area contributed by atoms with E-state index in [1.807, 2.05) is 37.2 Å². The molecule has 2 saturated heterocycles. The van der Waals surface area contributed by atoms with E-state index in [2.05, 4.69) is 56.8 Å². The maximum atomic E-state index is 12.9. The van der Waals surface area contributed by atoms with Gasteiger partial charge in [0.15, 0.2) is 0 Å². The highest BCUT2D eigenvalue weighted by Gasteiger charge is 2.53. The van der Waals surface area contributed by atoms with Gasteiger partial charge in [-0.1, -0.05) is 17.7 Å². The van der Waals surface area contributed by atoms with E-state index >= 15 is 0 Å². The summed E-state index contributed by atoms with van der Waals surface area (Å²) in [4.78, 5) is 32.9. The van der Waals surface area contributed by atoms with Gasteiger partial charge in [0, 0.05) is 49.4 Å². The van der Waals surface area contributed by atoms with Crippen LogP contribution in [0.2, 0.25) is 5.02 Å². The molecule has 0 atom stereocenters. The second-order valence-corrected chi connectivity index (χ2v) is 11.2. The van der Waals surface area contributed by atoms with Crippen LogP contribution in [-0.2, 0) is 12.1 Å². The van der Waals surface area contributed by atoms with Gasteiger partial charge >= 0.3 is 0 Å². The van der Waals surface area contributed by atoms with E-state index in [4.69, 9.17) is 11.6 Å². The van der Waals surface area contributed by atoms with E-state index in [1.54, 1.807) is 6.20 Å². The fourth-order valence-electron chi connectivity index (χ4n) is 5.86. The molecule has 2 fully saturated rings. The largest absolute Gasteiger partial charge is 0.369 e. The van der Waals surface area contributed by atoms with Crippen LogP contribution in [0.3, 0.4) is 0 Å². The van der Waals surface area contributed by atoms with Gasteiger partial charge in [0.25, 0.3) is 5.91 Å². The maximum Gasteiger partial charge on any atom is 0.274 e. The number of carbonyl (C=O) groups excluding carboxylic acids is 1. The van der Waals surface area contributed by atoms with Crippen molar-refractivity contribution in [1.29, 1.82) is 0 Å². The van der Waals surface area contributed by atoms with Crippen LogP contribution in [0.4, 0.5) is 11.4 Å². The fourth-order valence-corrected chi connectivity index (χ4v) is 6.04. The van der Waals surface area contributed by atoms with Crippen molar-refractivity contribution in [3.8, 4) is 0 Å². The lowest BCUT2D eigenvalue weighted by atomic mass is 9.72. The summed E-state index contributed by atoms with van der Waals surface area (Å²) >= 11 is 6.29. The molecule has 0 aliphatic carbocycles. The molecular formula is C27H29ClN6O. The first kappa shape index (κ1) is 22.3. The highest BCUT2D eigenvalue weighted by Crippen LogP contribution is 2.45. The molecule has 8 heteroatoms. The molecule has 5 heterocycles. The average Bonchev–Trinajstić information content (AvgIpc) is 3.03. The molecule has 2 aromatic heterocycles. The Labute approximate surface area is 210 Å². The zero-order valence-corrected chi connectivity index (χ0v) is 21.3. The molecule has 0 bridgehead atoms. The van der Waals surface area contributed by atoms with Crippen LogP contribution < -0.4 is 9.80 Å². The molecule has 3 aliphatic heterocycles. The second kappa shape index (κ2) is 7.65. The van der Waals surface area contributed by atoms with Gasteiger partial charge in [-0.15, -0.1) is 0 Å². The van der Waals surface area contributed by atoms with Crippen molar-refractivity contribution in [3.63, 3.8) is 0 Å². The fraction of sp³-hybridized carbons (Fsp3) is 0.407. The van der Waals surface area contributed by atoms with Gasteiger partial charge in [0.05, 0.1) is 40.7 Å². The summed E-state index contributed by atoms with van der Waals surface area (Å²) in [6.45, 7) is 12.4. The van der Waals surface area contributed by atoms with E-state index in [0.29, 0.717) is 11.4 Å². The topological polar surface area (TPSA) is 65.5 Å². The molecule has 1 aromatic carbocycles. The number of pyridine rings is 1. The predicted molar refractivity (Wildman–Crippen MR) is 137 cm³/mol. The number of benzene rings is 1. The van der Waals surface area contributed by atoms with Crippen LogP contribution in [0.25, 0.3) is 0 Å². The van der Waals surface area contributed by atoms with E-state index < -0.39 is 0 Å². The summed E-state index contributed by atoms with van der Waals surface area (Å²) in [5, 5.41) is 0.772. The molecule has 1 spiro atoms. The normalized spacial score (nSPS) is 19.4. The number of amides is 1. The molecule has 35 heavy (non-hydrogen) atoms. The van der Waals surface area contributed by atoms with Crippen molar-refractivity contribution in [3.05, 3.63) is 76.1 Å². The molecule has 0 unspecified atom stereocenters. The molecule has 180 valence electrons. The minimum absolute atomic E-state index is 0.0117. The summed E-state index contributed by atoms with van der Waals surface area (Å²) in [6, 6.07) is 8.42. The Hall–Kier alpha value is -3.19. The number of hydrogen-bond acceptors (Lipinski definition) is 6. The van der Waals surface area contributed by atoms with Crippen molar-refractivity contribution in [2.24, 2.45) is 5.41 Å². The number of carbonyl (C=O) groups is 1. The molecule has 0 saturated carbocycles. The Morgan fingerprint density at radius 2 is 1.74 bits per heavy atom. The van der Waals surface area contributed by atoms with Gasteiger partial charge in [-0.2, -0.15) is 0 Å². The third kappa shape index (κ3) is 3.56. The summed E-state index contributed by atoms with van der Waals surface area (Å²) in [5.41, 5.74) is 6.74. The number of nitrogens with zero attached hydrogens (tertiary/aromatic N) is 6. The van der Waals surface area contributed by atoms with Gasteiger partial charge in [-0.3, -0.25) is 14.8 Å². The van der Waals surface area contributed by atoms with Gasteiger partial charge in [0.1, 0.15) is 5.69 Å². The Kier molecular flexibility index (Phi) is 4.87. The number of hydrogen-bond donors (Lipinski definition) is 0. The number of aryl methyl sites for hydroxylation is 2. The zero-order chi connectivity index (χ0) is 24.5. The molecule has 0 N–H and O–H groups in total. The van der Waals surface area contributed by atoms with E-state index in [-0.39, 0.29) is 16.9 Å². The maximum absolute atomic E-state index is 12.9. The van der Waals surface area contributed by atoms with Crippen LogP contribution in [0.15, 0.2) is 42.9 Å². The number of anilines is 2. The average molecular weight is 489 g/mol. The van der Waals surface area contributed by atoms with Crippen LogP contribution in [-0.4, -0.2) is 51.9 Å². The summed E-state index contributed by atoms with van der Waals surface area (Å²) in [5.74, 6) is -0.0117. The summed E-state index contributed by atoms with van der Waals surface area (Å²) in [7, 11) is 0. The second-order valence-electron chi connectivity index (χ2n) is 10.8. The first-order valence-corrected chi connectivity index (χ1v) is 12.4. The predicted octanol–water partition coefficient (Wildman–Crippen LogP) is 4.36. The van der Waals surface area contributed by atoms with Crippen molar-refractivity contribution in [2.45, 2.75) is 39.8 Å². The Morgan fingerprint density at radius 1 is 1.00 bits per heavy atom. The first-order chi connectivity index (χ1) is 16.6. The van der Waals surface area contributed by atoms with Gasteiger partial charge in [0.2, 0.25) is 0 Å². The number of fused-ring (bicyclic) bond motifs is 1. The number of rotatable bonds is 3.